The number of benzene rings is 3. The molecular weight excluding hydrogens is 481 g/mol. The van der Waals surface area contributed by atoms with Crippen molar-refractivity contribution in [2.45, 2.75) is 39.2 Å². The number of ether oxygens (including phenoxy) is 1. The molecule has 1 unspecified atom stereocenters. The average Bonchev–Trinajstić information content (AvgIpc) is 3.17. The summed E-state index contributed by atoms with van der Waals surface area (Å²) in [5.74, 6) is -0.439. The van der Waals surface area contributed by atoms with E-state index in [1.807, 2.05) is 37.3 Å². The molecule has 1 aromatic heterocycles. The first-order valence-electron chi connectivity index (χ1n) is 12.0. The molecule has 1 aliphatic rings. The van der Waals surface area contributed by atoms with Crippen molar-refractivity contribution < 1.29 is 18.3 Å². The molecule has 0 N–H and O–H groups in total. The summed E-state index contributed by atoms with van der Waals surface area (Å²) < 4.78 is 25.9. The van der Waals surface area contributed by atoms with Crippen molar-refractivity contribution in [2.75, 3.05) is 11.5 Å². The van der Waals surface area contributed by atoms with Crippen LogP contribution in [-0.2, 0) is 0 Å². The molecule has 0 saturated heterocycles. The minimum atomic E-state index is -0.797. The van der Waals surface area contributed by atoms with Gasteiger partial charge in [-0.15, -0.1) is 0 Å². The van der Waals surface area contributed by atoms with Gasteiger partial charge in [-0.05, 0) is 66.9 Å². The summed E-state index contributed by atoms with van der Waals surface area (Å²) in [6.45, 7) is 4.57. The number of hydrogen-bond acceptors (Lipinski definition) is 4. The van der Waals surface area contributed by atoms with E-state index >= 15 is 0 Å². The largest absolute Gasteiger partial charge is 0.494 e. The fraction of sp³-hybridized carbons (Fsp3) is 0.241. The number of hydrogen-bond donors (Lipinski definition) is 0. The molecule has 36 heavy (non-hydrogen) atoms. The van der Waals surface area contributed by atoms with E-state index in [0.29, 0.717) is 28.6 Å². The van der Waals surface area contributed by atoms with Crippen molar-refractivity contribution in [3.63, 3.8) is 0 Å². The number of rotatable bonds is 7. The summed E-state index contributed by atoms with van der Waals surface area (Å²) in [7, 11) is 0. The Labute approximate surface area is 213 Å². The number of nitrogens with zero attached hydrogens (tertiary/aromatic N) is 1. The van der Waals surface area contributed by atoms with E-state index in [-0.39, 0.29) is 22.3 Å². The summed E-state index contributed by atoms with van der Waals surface area (Å²) in [4.78, 5) is 28.9. The first kappa shape index (κ1) is 24.1. The third kappa shape index (κ3) is 4.26. The van der Waals surface area contributed by atoms with E-state index in [4.69, 9.17) is 20.8 Å². The van der Waals surface area contributed by atoms with Crippen LogP contribution < -0.4 is 15.1 Å². The smallest absolute Gasteiger partial charge is 0.295 e. The lowest BCUT2D eigenvalue weighted by Crippen LogP contribution is -2.29. The third-order valence-electron chi connectivity index (χ3n) is 6.46. The minimum Gasteiger partial charge on any atom is -0.494 e. The van der Waals surface area contributed by atoms with E-state index < -0.39 is 23.2 Å². The maximum atomic E-state index is 14.0. The van der Waals surface area contributed by atoms with Crippen LogP contribution in [0.25, 0.3) is 11.0 Å². The molecule has 0 fully saturated rings. The van der Waals surface area contributed by atoms with Crippen LogP contribution in [0.5, 0.6) is 5.75 Å². The molecule has 4 aromatic rings. The zero-order chi connectivity index (χ0) is 25.4. The number of unbranched alkanes of at least 4 members (excludes halogenated alkanes) is 2. The van der Waals surface area contributed by atoms with Gasteiger partial charge in [-0.2, -0.15) is 0 Å². The zero-order valence-corrected chi connectivity index (χ0v) is 20.8. The second-order valence-electron chi connectivity index (χ2n) is 8.95. The van der Waals surface area contributed by atoms with Gasteiger partial charge in [-0.25, -0.2) is 4.39 Å². The highest BCUT2D eigenvalue weighted by Crippen LogP contribution is 2.42. The number of carbonyl (C=O) groups excluding carboxylic acids is 1. The number of carbonyl (C=O) groups is 1. The Bertz CT molecular complexity index is 1530. The van der Waals surface area contributed by atoms with Gasteiger partial charge in [0, 0.05) is 10.7 Å². The van der Waals surface area contributed by atoms with Crippen molar-refractivity contribution in [1.82, 2.24) is 0 Å². The van der Waals surface area contributed by atoms with Gasteiger partial charge in [0.15, 0.2) is 5.43 Å². The molecule has 0 saturated carbocycles. The van der Waals surface area contributed by atoms with Crippen LogP contribution in [0.15, 0.2) is 69.9 Å². The van der Waals surface area contributed by atoms with Gasteiger partial charge in [0.2, 0.25) is 5.76 Å². The number of fused-ring (bicyclic) bond motifs is 2. The molecule has 0 bridgehead atoms. The van der Waals surface area contributed by atoms with Crippen molar-refractivity contribution in [3.8, 4) is 5.75 Å². The first-order valence-corrected chi connectivity index (χ1v) is 12.4. The SMILES string of the molecule is CCCCCOc1cccc(C2c3c(oc4ccc(F)cc4c3=O)C(=O)N2c2ccc(C)c(Cl)c2)c1. The quantitative estimate of drug-likeness (QED) is 0.249. The van der Waals surface area contributed by atoms with Gasteiger partial charge >= 0.3 is 0 Å². The summed E-state index contributed by atoms with van der Waals surface area (Å²) in [6, 6.07) is 15.6. The van der Waals surface area contributed by atoms with Crippen LogP contribution in [0.3, 0.4) is 0 Å². The number of halogens is 2. The van der Waals surface area contributed by atoms with Crippen LogP contribution in [0, 0.1) is 12.7 Å². The van der Waals surface area contributed by atoms with Crippen LogP contribution >= 0.6 is 11.6 Å². The summed E-state index contributed by atoms with van der Waals surface area (Å²) in [5.41, 5.74) is 1.94. The molecule has 5 nitrogen and oxygen atoms in total. The number of amides is 1. The molecule has 1 atom stereocenters. The lowest BCUT2D eigenvalue weighted by molar-refractivity contribution is 0.0971. The normalized spacial score (nSPS) is 14.9. The van der Waals surface area contributed by atoms with Gasteiger partial charge in [-0.3, -0.25) is 14.5 Å². The predicted octanol–water partition coefficient (Wildman–Crippen LogP) is 7.21. The van der Waals surface area contributed by atoms with Crippen LogP contribution in [0.4, 0.5) is 10.1 Å². The molecular formula is C29H25ClFNO4. The van der Waals surface area contributed by atoms with Gasteiger partial charge in [-0.1, -0.05) is 49.6 Å². The van der Waals surface area contributed by atoms with E-state index in [2.05, 4.69) is 6.92 Å². The van der Waals surface area contributed by atoms with E-state index in [1.165, 1.54) is 17.0 Å². The molecule has 2 heterocycles. The molecule has 3 aromatic carbocycles. The monoisotopic (exact) mass is 505 g/mol. The third-order valence-corrected chi connectivity index (χ3v) is 6.86. The van der Waals surface area contributed by atoms with Crippen molar-refractivity contribution in [3.05, 3.63) is 104 Å². The van der Waals surface area contributed by atoms with Crippen LogP contribution in [0.1, 0.15) is 59.5 Å². The summed E-state index contributed by atoms with van der Waals surface area (Å²) in [5, 5.41) is 0.580. The highest BCUT2D eigenvalue weighted by molar-refractivity contribution is 6.31. The Hall–Kier alpha value is -3.64. The highest BCUT2D eigenvalue weighted by Gasteiger charge is 2.44. The fourth-order valence-electron chi connectivity index (χ4n) is 4.57. The summed E-state index contributed by atoms with van der Waals surface area (Å²) >= 11 is 6.40. The molecule has 0 radical (unpaired) electrons. The van der Waals surface area contributed by atoms with E-state index in [0.717, 1.165) is 30.9 Å². The minimum absolute atomic E-state index is 0.0601. The maximum absolute atomic E-state index is 14.0. The van der Waals surface area contributed by atoms with E-state index in [1.54, 1.807) is 12.1 Å². The molecule has 0 spiro atoms. The molecule has 1 aliphatic heterocycles. The number of aryl methyl sites for hydroxylation is 1. The van der Waals surface area contributed by atoms with Crippen molar-refractivity contribution >= 4 is 34.2 Å². The lowest BCUT2D eigenvalue weighted by Gasteiger charge is -2.26. The van der Waals surface area contributed by atoms with Crippen molar-refractivity contribution in [2.24, 2.45) is 0 Å². The fourth-order valence-corrected chi connectivity index (χ4v) is 4.75. The first-order chi connectivity index (χ1) is 17.4. The molecule has 184 valence electrons. The maximum Gasteiger partial charge on any atom is 0.295 e. The van der Waals surface area contributed by atoms with Gasteiger partial charge in [0.25, 0.3) is 5.91 Å². The second kappa shape index (κ2) is 9.78. The van der Waals surface area contributed by atoms with Crippen molar-refractivity contribution in [1.29, 1.82) is 0 Å². The second-order valence-corrected chi connectivity index (χ2v) is 9.36. The molecule has 5 rings (SSSR count). The Kier molecular flexibility index (Phi) is 6.54. The molecule has 7 heteroatoms. The van der Waals surface area contributed by atoms with Gasteiger partial charge in [0.1, 0.15) is 17.1 Å². The Morgan fingerprint density at radius 3 is 2.67 bits per heavy atom. The van der Waals surface area contributed by atoms with Crippen LogP contribution in [0.2, 0.25) is 5.02 Å². The summed E-state index contributed by atoms with van der Waals surface area (Å²) in [6.07, 6.45) is 3.08. The predicted molar refractivity (Wildman–Crippen MR) is 139 cm³/mol. The van der Waals surface area contributed by atoms with Crippen LogP contribution in [-0.4, -0.2) is 12.5 Å². The Morgan fingerprint density at radius 2 is 1.89 bits per heavy atom. The number of anilines is 1. The Balaban J connectivity index is 1.68. The topological polar surface area (TPSA) is 59.8 Å². The highest BCUT2D eigenvalue weighted by atomic mass is 35.5. The van der Waals surface area contributed by atoms with Gasteiger partial charge < -0.3 is 9.15 Å². The lowest BCUT2D eigenvalue weighted by atomic mass is 9.98. The molecule has 0 aliphatic carbocycles. The zero-order valence-electron chi connectivity index (χ0n) is 20.0. The Morgan fingerprint density at radius 1 is 1.06 bits per heavy atom. The average molecular weight is 506 g/mol. The van der Waals surface area contributed by atoms with E-state index in [9.17, 15) is 14.0 Å². The van der Waals surface area contributed by atoms with Gasteiger partial charge in [0.05, 0.1) is 23.6 Å². The standard InChI is InChI=1S/C29H25ClFNO4/c1-3-4-5-13-35-21-8-6-7-18(14-21)26-25-27(33)22-15-19(31)10-12-24(22)36-28(25)29(34)32(26)20-11-9-17(2)23(30)16-20/h6-12,14-16,26H,3-5,13H2,1-2H3. The molecule has 1 amide bonds.